The van der Waals surface area contributed by atoms with Gasteiger partial charge in [0.25, 0.3) is 0 Å². The van der Waals surface area contributed by atoms with Crippen molar-refractivity contribution in [1.82, 2.24) is 0 Å². The highest BCUT2D eigenvalue weighted by Crippen LogP contribution is 2.10. The van der Waals surface area contributed by atoms with E-state index >= 15 is 0 Å². The molecule has 7 heteroatoms. The van der Waals surface area contributed by atoms with E-state index in [1.807, 2.05) is 0 Å². The second-order valence-corrected chi connectivity index (χ2v) is 6.22. The van der Waals surface area contributed by atoms with Crippen LogP contribution >= 0.6 is 0 Å². The average Bonchev–Trinajstić information content (AvgIpc) is 3.27. The van der Waals surface area contributed by atoms with Crippen molar-refractivity contribution in [3.05, 3.63) is 0 Å². The highest BCUT2D eigenvalue weighted by molar-refractivity contribution is 7.79. The Kier molecular flexibility index (Phi) is 20.6. The quantitative estimate of drug-likeness (QED) is 0.300. The van der Waals surface area contributed by atoms with Crippen LogP contribution in [0.25, 0.3) is 0 Å². The fourth-order valence-electron chi connectivity index (χ4n) is 1.78. The van der Waals surface area contributed by atoms with Crippen molar-refractivity contribution in [2.75, 3.05) is 19.8 Å². The predicted molar refractivity (Wildman–Crippen MR) is 88.5 cm³/mol. The fraction of sp³-hybridized carbons (Fsp3) is 1.00. The number of aliphatic hydroxyl groups is 1. The van der Waals surface area contributed by atoms with Gasteiger partial charge in [-0.05, 0) is 6.42 Å². The summed E-state index contributed by atoms with van der Waals surface area (Å²) in [6, 6.07) is 0. The molecule has 0 amide bonds. The molecular weight excluding hydrogens is 308 g/mol. The lowest BCUT2D eigenvalue weighted by Gasteiger charge is -2.01. The molecule has 1 heterocycles. The minimum absolute atomic E-state index is 0.372. The summed E-state index contributed by atoms with van der Waals surface area (Å²) < 4.78 is 36.1. The maximum Gasteiger partial charge on any atom is 0.394 e. The highest BCUT2D eigenvalue weighted by atomic mass is 32.3. The molecule has 1 fully saturated rings. The third kappa shape index (κ3) is 50.3. The van der Waals surface area contributed by atoms with Gasteiger partial charge in [0.1, 0.15) is 0 Å². The van der Waals surface area contributed by atoms with E-state index in [2.05, 4.69) is 11.7 Å². The van der Waals surface area contributed by atoms with Crippen LogP contribution in [0.15, 0.2) is 0 Å². The third-order valence-corrected chi connectivity index (χ3v) is 2.97. The van der Waals surface area contributed by atoms with Gasteiger partial charge < -0.3 is 9.84 Å². The molecule has 0 atom stereocenters. The lowest BCUT2D eigenvalue weighted by atomic mass is 10.1. The number of rotatable bonds is 11. The average molecular weight is 342 g/mol. The van der Waals surface area contributed by atoms with Crippen LogP contribution in [0.2, 0.25) is 0 Å². The van der Waals surface area contributed by atoms with E-state index in [1.54, 1.807) is 0 Å². The molecule has 3 N–H and O–H groups in total. The molecule has 136 valence electrons. The summed E-state index contributed by atoms with van der Waals surface area (Å²) >= 11 is 0. The lowest BCUT2D eigenvalue weighted by Crippen LogP contribution is -1.89. The molecule has 0 aromatic heterocycles. The van der Waals surface area contributed by atoms with Crippen LogP contribution in [0.4, 0.5) is 0 Å². The van der Waals surface area contributed by atoms with Crippen LogP contribution < -0.4 is 0 Å². The van der Waals surface area contributed by atoms with Gasteiger partial charge in [-0.15, -0.1) is 0 Å². The molecule has 0 spiro atoms. The first-order valence-electron chi connectivity index (χ1n) is 8.30. The summed E-state index contributed by atoms with van der Waals surface area (Å²) in [5, 5.41) is 8.59. The van der Waals surface area contributed by atoms with Crippen molar-refractivity contribution < 1.29 is 27.4 Å². The van der Waals surface area contributed by atoms with Gasteiger partial charge in [-0.1, -0.05) is 71.1 Å². The molecule has 1 saturated heterocycles. The van der Waals surface area contributed by atoms with E-state index in [9.17, 15) is 0 Å². The van der Waals surface area contributed by atoms with Crippen LogP contribution in [0.3, 0.4) is 0 Å². The maximum absolute atomic E-state index is 8.74. The van der Waals surface area contributed by atoms with E-state index in [0.29, 0.717) is 6.61 Å². The summed E-state index contributed by atoms with van der Waals surface area (Å²) in [6.45, 7) is 4.64. The smallest absolute Gasteiger partial charge is 0.394 e. The van der Waals surface area contributed by atoms with Crippen molar-refractivity contribution in [1.29, 1.82) is 0 Å². The van der Waals surface area contributed by atoms with Gasteiger partial charge in [0, 0.05) is 6.61 Å². The van der Waals surface area contributed by atoms with Gasteiger partial charge >= 0.3 is 10.4 Å². The van der Waals surface area contributed by atoms with Crippen molar-refractivity contribution in [2.45, 2.75) is 77.6 Å². The van der Waals surface area contributed by atoms with Crippen molar-refractivity contribution in [3.63, 3.8) is 0 Å². The van der Waals surface area contributed by atoms with Crippen molar-refractivity contribution in [3.8, 4) is 0 Å². The third-order valence-electron chi connectivity index (χ3n) is 2.97. The molecule has 1 aliphatic rings. The SMILES string of the molecule is C1CO1.CCCCCCCCCCCCCO.O=S(=O)(O)O. The minimum Gasteiger partial charge on any atom is -0.396 e. The molecule has 0 aromatic rings. The van der Waals surface area contributed by atoms with Crippen molar-refractivity contribution >= 4 is 10.4 Å². The normalized spacial score (nSPS) is 12.7. The second kappa shape index (κ2) is 18.8. The zero-order chi connectivity index (χ0) is 17.1. The summed E-state index contributed by atoms with van der Waals surface area (Å²) in [7, 11) is -4.67. The number of aliphatic hydroxyl groups excluding tert-OH is 1. The first-order chi connectivity index (χ1) is 10.4. The Morgan fingerprint density at radius 1 is 0.773 bits per heavy atom. The molecule has 0 aromatic carbocycles. The Bertz CT molecular complexity index is 268. The first-order valence-corrected chi connectivity index (χ1v) is 9.70. The molecular formula is C15H34O6S. The van der Waals surface area contributed by atoms with Gasteiger partial charge in [-0.2, -0.15) is 8.42 Å². The highest BCUT2D eigenvalue weighted by Gasteiger charge is 1.94. The van der Waals surface area contributed by atoms with Gasteiger partial charge in [0.15, 0.2) is 0 Å². The number of hydrogen-bond acceptors (Lipinski definition) is 4. The molecule has 1 rings (SSSR count). The Morgan fingerprint density at radius 3 is 1.27 bits per heavy atom. The van der Waals surface area contributed by atoms with Crippen LogP contribution in [0.5, 0.6) is 0 Å². The molecule has 22 heavy (non-hydrogen) atoms. The molecule has 0 radical (unpaired) electrons. The van der Waals surface area contributed by atoms with Crippen LogP contribution in [-0.4, -0.2) is 42.5 Å². The molecule has 0 unspecified atom stereocenters. The van der Waals surface area contributed by atoms with E-state index in [4.69, 9.17) is 22.6 Å². The largest absolute Gasteiger partial charge is 0.396 e. The summed E-state index contributed by atoms with van der Waals surface area (Å²) in [5.41, 5.74) is 0. The van der Waals surface area contributed by atoms with Gasteiger partial charge in [-0.25, -0.2) is 0 Å². The van der Waals surface area contributed by atoms with Crippen molar-refractivity contribution in [2.24, 2.45) is 0 Å². The van der Waals surface area contributed by atoms with Crippen LogP contribution in [0.1, 0.15) is 77.6 Å². The summed E-state index contributed by atoms with van der Waals surface area (Å²) in [5.74, 6) is 0. The molecule has 1 aliphatic heterocycles. The number of hydrogen-bond donors (Lipinski definition) is 3. The Hall–Kier alpha value is -0.210. The van der Waals surface area contributed by atoms with E-state index in [1.165, 1.54) is 64.2 Å². The van der Waals surface area contributed by atoms with Gasteiger partial charge in [0.2, 0.25) is 0 Å². The number of unbranched alkanes of at least 4 members (excludes halogenated alkanes) is 10. The second-order valence-electron chi connectivity index (χ2n) is 5.32. The number of ether oxygens (including phenoxy) is 1. The van der Waals surface area contributed by atoms with E-state index < -0.39 is 10.4 Å². The molecule has 6 nitrogen and oxygen atoms in total. The van der Waals surface area contributed by atoms with Gasteiger partial charge in [-0.3, -0.25) is 9.11 Å². The maximum atomic E-state index is 8.74. The number of epoxide rings is 1. The summed E-state index contributed by atoms with van der Waals surface area (Å²) in [4.78, 5) is 0. The standard InChI is InChI=1S/C13H28O.C2H4O.H2O4S/c1-2-3-4-5-6-7-8-9-10-11-12-13-14;1-2-3-1;1-5(2,3)4/h14H,2-13H2,1H3;1-2H2;(H2,1,2,3,4). The summed E-state index contributed by atoms with van der Waals surface area (Å²) in [6.07, 6.45) is 14.8. The monoisotopic (exact) mass is 342 g/mol. The topological polar surface area (TPSA) is 107 Å². The predicted octanol–water partition coefficient (Wildman–Crippen LogP) is 3.65. The van der Waals surface area contributed by atoms with E-state index in [0.717, 1.165) is 19.6 Å². The zero-order valence-corrected chi connectivity index (χ0v) is 14.7. The fourth-order valence-corrected chi connectivity index (χ4v) is 1.78. The molecule has 0 bridgehead atoms. The Balaban J connectivity index is 0. The Morgan fingerprint density at radius 2 is 1.05 bits per heavy atom. The van der Waals surface area contributed by atoms with Crippen LogP contribution in [-0.2, 0) is 15.1 Å². The van der Waals surface area contributed by atoms with Crippen LogP contribution in [0, 0.1) is 0 Å². The van der Waals surface area contributed by atoms with E-state index in [-0.39, 0.29) is 0 Å². The molecule has 0 aliphatic carbocycles. The first kappa shape index (κ1) is 24.0. The zero-order valence-electron chi connectivity index (χ0n) is 13.9. The minimum atomic E-state index is -4.67. The molecule has 0 saturated carbocycles. The van der Waals surface area contributed by atoms with Gasteiger partial charge in [0.05, 0.1) is 13.2 Å². The lowest BCUT2D eigenvalue weighted by molar-refractivity contribution is 0.282. The Labute approximate surface area is 135 Å².